The summed E-state index contributed by atoms with van der Waals surface area (Å²) in [7, 11) is 3.22. The fraction of sp³-hybridized carbons (Fsp3) is 0.316. The van der Waals surface area contributed by atoms with Crippen LogP contribution in [0.5, 0.6) is 11.5 Å². The molecule has 0 aromatic heterocycles. The zero-order valence-electron chi connectivity index (χ0n) is 14.1. The lowest BCUT2D eigenvalue weighted by molar-refractivity contribution is 0.0925. The van der Waals surface area contributed by atoms with Crippen LogP contribution in [0, 0.1) is 0 Å². The van der Waals surface area contributed by atoms with Crippen molar-refractivity contribution >= 4 is 27.5 Å². The molecule has 130 valence electrons. The van der Waals surface area contributed by atoms with Crippen LogP contribution >= 0.6 is 15.9 Å². The van der Waals surface area contributed by atoms with Crippen LogP contribution in [0.25, 0.3) is 0 Å². The minimum atomic E-state index is -0.224. The first kappa shape index (κ1) is 16.3. The Kier molecular flexibility index (Phi) is 4.07. The predicted octanol–water partition coefficient (Wildman–Crippen LogP) is 3.66. The van der Waals surface area contributed by atoms with Gasteiger partial charge in [0.1, 0.15) is 6.17 Å². The average Bonchev–Trinajstić information content (AvgIpc) is 2.63. The topological polar surface area (TPSA) is 50.8 Å². The Bertz CT molecular complexity index is 853. The number of amides is 1. The van der Waals surface area contributed by atoms with Crippen molar-refractivity contribution in [1.82, 2.24) is 5.32 Å². The second kappa shape index (κ2) is 6.26. The number of para-hydroxylation sites is 1. The molecular formula is C19H19BrN2O3. The lowest BCUT2D eigenvalue weighted by Crippen LogP contribution is -2.48. The first-order chi connectivity index (χ1) is 12.1. The highest BCUT2D eigenvalue weighted by atomic mass is 79.9. The fourth-order valence-corrected chi connectivity index (χ4v) is 4.39. The number of anilines is 1. The normalized spacial score (nSPS) is 18.4. The summed E-state index contributed by atoms with van der Waals surface area (Å²) in [6.45, 7) is 0.904. The predicted molar refractivity (Wildman–Crippen MR) is 99.6 cm³/mol. The van der Waals surface area contributed by atoms with Crippen molar-refractivity contribution in [3.63, 3.8) is 0 Å². The standard InChI is InChI=1S/C19H19BrN2O3/c1-24-15-10-12(9-14(20)17(15)25-2)18-21-19(23)13-7-3-5-11-6-4-8-22(18)16(11)13/h3,5,7,9-10,18H,4,6,8H2,1-2H3,(H,21,23)/t18-/m1/s1. The maximum atomic E-state index is 12.7. The molecule has 0 spiro atoms. The van der Waals surface area contributed by atoms with Crippen molar-refractivity contribution in [3.05, 3.63) is 51.5 Å². The van der Waals surface area contributed by atoms with Crippen molar-refractivity contribution in [2.45, 2.75) is 19.0 Å². The Balaban J connectivity index is 1.84. The Morgan fingerprint density at radius 2 is 2.08 bits per heavy atom. The summed E-state index contributed by atoms with van der Waals surface area (Å²) in [4.78, 5) is 14.9. The highest BCUT2D eigenvalue weighted by molar-refractivity contribution is 9.10. The molecule has 2 aromatic carbocycles. The van der Waals surface area contributed by atoms with E-state index >= 15 is 0 Å². The summed E-state index contributed by atoms with van der Waals surface area (Å²) < 4.78 is 11.7. The van der Waals surface area contributed by atoms with E-state index in [0.29, 0.717) is 11.5 Å². The van der Waals surface area contributed by atoms with Gasteiger partial charge in [-0.2, -0.15) is 0 Å². The number of benzene rings is 2. The van der Waals surface area contributed by atoms with Crippen LogP contribution in [0.3, 0.4) is 0 Å². The zero-order chi connectivity index (χ0) is 17.6. The number of nitrogens with zero attached hydrogens (tertiary/aromatic N) is 1. The van der Waals surface area contributed by atoms with Crippen LogP contribution in [-0.2, 0) is 6.42 Å². The van der Waals surface area contributed by atoms with Crippen molar-refractivity contribution < 1.29 is 14.3 Å². The quantitative estimate of drug-likeness (QED) is 0.850. The van der Waals surface area contributed by atoms with Gasteiger partial charge in [-0.25, -0.2) is 0 Å². The van der Waals surface area contributed by atoms with Crippen molar-refractivity contribution in [3.8, 4) is 11.5 Å². The molecule has 0 fully saturated rings. The third-order valence-corrected chi connectivity index (χ3v) is 5.44. The summed E-state index contributed by atoms with van der Waals surface area (Å²) in [5.41, 5.74) is 4.02. The number of rotatable bonds is 3. The second-order valence-corrected chi connectivity index (χ2v) is 7.08. The van der Waals surface area contributed by atoms with Gasteiger partial charge in [-0.1, -0.05) is 12.1 Å². The molecule has 0 saturated carbocycles. The van der Waals surface area contributed by atoms with Gasteiger partial charge in [-0.15, -0.1) is 0 Å². The molecule has 2 aliphatic rings. The van der Waals surface area contributed by atoms with Gasteiger partial charge >= 0.3 is 0 Å². The molecule has 2 aromatic rings. The Morgan fingerprint density at radius 1 is 1.24 bits per heavy atom. The monoisotopic (exact) mass is 402 g/mol. The minimum absolute atomic E-state index is 0.0362. The summed E-state index contributed by atoms with van der Waals surface area (Å²) in [6.07, 6.45) is 1.85. The molecule has 2 aliphatic heterocycles. The van der Waals surface area contributed by atoms with E-state index in [4.69, 9.17) is 9.47 Å². The Morgan fingerprint density at radius 3 is 2.84 bits per heavy atom. The molecule has 2 heterocycles. The van der Waals surface area contributed by atoms with Crippen LogP contribution in [0.4, 0.5) is 5.69 Å². The van der Waals surface area contributed by atoms with Gasteiger partial charge in [0.05, 0.1) is 29.9 Å². The Hall–Kier alpha value is -2.21. The second-order valence-electron chi connectivity index (χ2n) is 6.22. The molecule has 0 radical (unpaired) electrons. The highest BCUT2D eigenvalue weighted by Crippen LogP contribution is 2.43. The van der Waals surface area contributed by atoms with Gasteiger partial charge in [-0.3, -0.25) is 4.79 Å². The number of carbonyl (C=O) groups is 1. The molecular weight excluding hydrogens is 384 g/mol. The smallest absolute Gasteiger partial charge is 0.255 e. The van der Waals surface area contributed by atoms with Gasteiger partial charge in [0, 0.05) is 6.54 Å². The molecule has 25 heavy (non-hydrogen) atoms. The van der Waals surface area contributed by atoms with E-state index in [1.165, 1.54) is 5.56 Å². The number of aryl methyl sites for hydroxylation is 1. The largest absolute Gasteiger partial charge is 0.493 e. The lowest BCUT2D eigenvalue weighted by Gasteiger charge is -2.43. The number of hydrogen-bond donors (Lipinski definition) is 1. The molecule has 1 atom stereocenters. The minimum Gasteiger partial charge on any atom is -0.493 e. The van der Waals surface area contributed by atoms with Crippen molar-refractivity contribution in [1.29, 1.82) is 0 Å². The molecule has 0 unspecified atom stereocenters. The number of methoxy groups -OCH3 is 2. The number of nitrogens with one attached hydrogen (secondary N) is 1. The van der Waals surface area contributed by atoms with E-state index in [2.05, 4.69) is 32.2 Å². The fourth-order valence-electron chi connectivity index (χ4n) is 3.76. The maximum absolute atomic E-state index is 12.7. The van der Waals surface area contributed by atoms with Crippen LogP contribution < -0.4 is 19.7 Å². The molecule has 4 rings (SSSR count). The van der Waals surface area contributed by atoms with Gasteiger partial charge < -0.3 is 19.7 Å². The first-order valence-corrected chi connectivity index (χ1v) is 9.04. The first-order valence-electron chi connectivity index (χ1n) is 8.25. The van der Waals surface area contributed by atoms with Crippen molar-refractivity contribution in [2.75, 3.05) is 25.7 Å². The number of hydrogen-bond acceptors (Lipinski definition) is 4. The van der Waals surface area contributed by atoms with E-state index in [-0.39, 0.29) is 12.1 Å². The average molecular weight is 403 g/mol. The summed E-state index contributed by atoms with van der Waals surface area (Å²) in [5.74, 6) is 1.25. The van der Waals surface area contributed by atoms with Crippen LogP contribution in [-0.4, -0.2) is 26.7 Å². The molecule has 5 nitrogen and oxygen atoms in total. The van der Waals surface area contributed by atoms with Crippen LogP contribution in [0.15, 0.2) is 34.8 Å². The molecule has 0 aliphatic carbocycles. The summed E-state index contributed by atoms with van der Waals surface area (Å²) >= 11 is 3.55. The third kappa shape index (κ3) is 2.56. The van der Waals surface area contributed by atoms with E-state index in [0.717, 1.165) is 40.7 Å². The summed E-state index contributed by atoms with van der Waals surface area (Å²) in [5, 5.41) is 3.14. The third-order valence-electron chi connectivity index (χ3n) is 4.85. The highest BCUT2D eigenvalue weighted by Gasteiger charge is 2.35. The lowest BCUT2D eigenvalue weighted by atomic mass is 9.93. The molecule has 6 heteroatoms. The molecule has 0 bridgehead atoms. The maximum Gasteiger partial charge on any atom is 0.255 e. The zero-order valence-corrected chi connectivity index (χ0v) is 15.7. The van der Waals surface area contributed by atoms with E-state index < -0.39 is 0 Å². The van der Waals surface area contributed by atoms with Gasteiger partial charge in [-0.05, 0) is 58.1 Å². The molecule has 0 saturated heterocycles. The number of carbonyl (C=O) groups excluding carboxylic acids is 1. The number of halogens is 1. The molecule has 1 N–H and O–H groups in total. The summed E-state index contributed by atoms with van der Waals surface area (Å²) in [6, 6.07) is 9.88. The van der Waals surface area contributed by atoms with Crippen LogP contribution in [0.2, 0.25) is 0 Å². The van der Waals surface area contributed by atoms with E-state index in [1.807, 2.05) is 24.3 Å². The SMILES string of the molecule is COc1cc([C@@H]2NC(=O)c3cccc4c3N2CCC4)cc(Br)c1OC. The Labute approximate surface area is 155 Å². The van der Waals surface area contributed by atoms with E-state index in [1.54, 1.807) is 14.2 Å². The van der Waals surface area contributed by atoms with Crippen molar-refractivity contribution in [2.24, 2.45) is 0 Å². The molecule has 1 amide bonds. The van der Waals surface area contributed by atoms with Gasteiger partial charge in [0.2, 0.25) is 0 Å². The van der Waals surface area contributed by atoms with Gasteiger partial charge in [0.15, 0.2) is 11.5 Å². The van der Waals surface area contributed by atoms with Crippen LogP contribution in [0.1, 0.15) is 34.1 Å². The van der Waals surface area contributed by atoms with E-state index in [9.17, 15) is 4.79 Å². The number of ether oxygens (including phenoxy) is 2. The van der Waals surface area contributed by atoms with Gasteiger partial charge in [0.25, 0.3) is 5.91 Å².